The van der Waals surface area contributed by atoms with Crippen molar-refractivity contribution < 1.29 is 19.4 Å². The lowest BCUT2D eigenvalue weighted by atomic mass is 9.67. The summed E-state index contributed by atoms with van der Waals surface area (Å²) in [5.74, 6) is -1.77. The van der Waals surface area contributed by atoms with Crippen molar-refractivity contribution >= 4 is 17.5 Å². The van der Waals surface area contributed by atoms with E-state index in [1.807, 2.05) is 37.3 Å². The molecule has 5 nitrogen and oxygen atoms in total. The van der Waals surface area contributed by atoms with E-state index < -0.39 is 17.3 Å². The number of rotatable bonds is 6. The molecular formula is C21H27NO4. The number of carbonyl (C=O) groups excluding carboxylic acids is 2. The van der Waals surface area contributed by atoms with E-state index in [0.717, 1.165) is 12.0 Å². The minimum absolute atomic E-state index is 0.171. The van der Waals surface area contributed by atoms with Gasteiger partial charge in [0.15, 0.2) is 5.78 Å². The largest absolute Gasteiger partial charge is 0.511 e. The first-order chi connectivity index (χ1) is 12.3. The minimum Gasteiger partial charge on any atom is -0.511 e. The molecule has 0 aromatic heterocycles. The van der Waals surface area contributed by atoms with E-state index >= 15 is 0 Å². The van der Waals surface area contributed by atoms with Gasteiger partial charge in [-0.3, -0.25) is 14.6 Å². The van der Waals surface area contributed by atoms with Crippen molar-refractivity contribution in [2.45, 2.75) is 40.0 Å². The van der Waals surface area contributed by atoms with Gasteiger partial charge in [-0.25, -0.2) is 0 Å². The Kier molecular flexibility index (Phi) is 6.35. The van der Waals surface area contributed by atoms with Crippen LogP contribution in [0.1, 0.15) is 39.2 Å². The number of allylic oxidation sites excluding steroid dienone is 1. The number of nitrogens with zero attached hydrogens (tertiary/aromatic N) is 1. The Hall–Kier alpha value is -2.43. The van der Waals surface area contributed by atoms with Gasteiger partial charge in [-0.05, 0) is 23.8 Å². The highest BCUT2D eigenvalue weighted by atomic mass is 16.5. The van der Waals surface area contributed by atoms with Gasteiger partial charge in [-0.1, -0.05) is 51.1 Å². The highest BCUT2D eigenvalue weighted by molar-refractivity contribution is 6.23. The van der Waals surface area contributed by atoms with Crippen molar-refractivity contribution in [3.05, 3.63) is 47.2 Å². The van der Waals surface area contributed by atoms with E-state index in [-0.39, 0.29) is 23.5 Å². The third-order valence-electron chi connectivity index (χ3n) is 4.81. The number of hydrogen-bond donors (Lipinski definition) is 1. The van der Waals surface area contributed by atoms with E-state index in [4.69, 9.17) is 4.74 Å². The van der Waals surface area contributed by atoms with Crippen LogP contribution in [0, 0.1) is 11.3 Å². The average molecular weight is 357 g/mol. The van der Waals surface area contributed by atoms with E-state index in [1.165, 1.54) is 7.11 Å². The first-order valence-electron chi connectivity index (χ1n) is 8.93. The number of Topliss-reactive ketones (excluding diaryl/α,β-unsaturated/α-hetero) is 1. The normalized spacial score (nSPS) is 20.2. The number of esters is 1. The molecule has 0 saturated carbocycles. The minimum atomic E-state index is -0.855. The summed E-state index contributed by atoms with van der Waals surface area (Å²) in [6.45, 7) is 5.99. The molecule has 2 rings (SSSR count). The maximum atomic E-state index is 12.7. The molecule has 0 radical (unpaired) electrons. The standard InChI is InChI=1S/C21H27NO4/c1-5-15(22-12-11-14-9-7-6-8-10-14)17-16(23)13-21(2,3)18(19(17)24)20(25)26-4/h6-10,18,24H,5,11-13H2,1-4H3/t18-/m1/s1. The quantitative estimate of drug-likeness (QED) is 0.622. The van der Waals surface area contributed by atoms with Crippen LogP contribution in [0.3, 0.4) is 0 Å². The molecule has 1 aromatic rings. The van der Waals surface area contributed by atoms with Crippen LogP contribution in [0.2, 0.25) is 0 Å². The first-order valence-corrected chi connectivity index (χ1v) is 8.93. The number of methoxy groups -OCH3 is 1. The van der Waals surface area contributed by atoms with Crippen LogP contribution in [0.25, 0.3) is 0 Å². The number of benzene rings is 1. The molecule has 1 N–H and O–H groups in total. The maximum absolute atomic E-state index is 12.7. The molecule has 0 saturated heterocycles. The van der Waals surface area contributed by atoms with E-state index in [1.54, 1.807) is 13.8 Å². The van der Waals surface area contributed by atoms with Gasteiger partial charge in [-0.2, -0.15) is 0 Å². The third-order valence-corrected chi connectivity index (χ3v) is 4.81. The Morgan fingerprint density at radius 3 is 2.54 bits per heavy atom. The molecule has 26 heavy (non-hydrogen) atoms. The summed E-state index contributed by atoms with van der Waals surface area (Å²) < 4.78 is 4.85. The van der Waals surface area contributed by atoms with Gasteiger partial charge >= 0.3 is 5.97 Å². The predicted molar refractivity (Wildman–Crippen MR) is 101 cm³/mol. The molecule has 0 fully saturated rings. The zero-order valence-electron chi connectivity index (χ0n) is 15.9. The van der Waals surface area contributed by atoms with Crippen LogP contribution in [0.5, 0.6) is 0 Å². The van der Waals surface area contributed by atoms with Crippen LogP contribution in [-0.2, 0) is 20.7 Å². The van der Waals surface area contributed by atoms with Gasteiger partial charge in [0, 0.05) is 18.7 Å². The summed E-state index contributed by atoms with van der Waals surface area (Å²) >= 11 is 0. The topological polar surface area (TPSA) is 76.0 Å². The van der Waals surface area contributed by atoms with Gasteiger partial charge in [0.25, 0.3) is 0 Å². The summed E-state index contributed by atoms with van der Waals surface area (Å²) in [5.41, 5.74) is 1.21. The van der Waals surface area contributed by atoms with Crippen molar-refractivity contribution in [3.63, 3.8) is 0 Å². The number of carbonyl (C=O) groups is 2. The molecule has 0 aliphatic heterocycles. The van der Waals surface area contributed by atoms with Gasteiger partial charge in [0.1, 0.15) is 11.7 Å². The zero-order valence-corrected chi connectivity index (χ0v) is 15.9. The Bertz CT molecular complexity index is 732. The van der Waals surface area contributed by atoms with Crippen LogP contribution < -0.4 is 0 Å². The van der Waals surface area contributed by atoms with Crippen molar-refractivity contribution in [1.82, 2.24) is 0 Å². The Balaban J connectivity index is 2.32. The van der Waals surface area contributed by atoms with Crippen molar-refractivity contribution in [2.24, 2.45) is 16.3 Å². The zero-order chi connectivity index (χ0) is 19.3. The number of ketones is 1. The third kappa shape index (κ3) is 4.21. The molecule has 0 bridgehead atoms. The highest BCUT2D eigenvalue weighted by Gasteiger charge is 2.47. The van der Waals surface area contributed by atoms with Gasteiger partial charge in [0.05, 0.1) is 12.7 Å². The van der Waals surface area contributed by atoms with Gasteiger partial charge < -0.3 is 9.84 Å². The van der Waals surface area contributed by atoms with Gasteiger partial charge in [-0.15, -0.1) is 0 Å². The fourth-order valence-corrected chi connectivity index (χ4v) is 3.45. The summed E-state index contributed by atoms with van der Waals surface area (Å²) in [6.07, 6.45) is 1.43. The molecular weight excluding hydrogens is 330 g/mol. The molecule has 1 aliphatic rings. The Labute approximate surface area is 154 Å². The molecule has 1 atom stereocenters. The highest BCUT2D eigenvalue weighted by Crippen LogP contribution is 2.42. The summed E-state index contributed by atoms with van der Waals surface area (Å²) in [7, 11) is 1.29. The SMILES string of the molecule is CCC(=NCCc1ccccc1)C1=C(O)[C@H](C(=O)OC)C(C)(C)CC1=O. The fraction of sp³-hybridized carbons (Fsp3) is 0.476. The number of ether oxygens (including phenoxy) is 1. The van der Waals surface area contributed by atoms with E-state index in [2.05, 4.69) is 4.99 Å². The molecule has 140 valence electrons. The Morgan fingerprint density at radius 2 is 1.96 bits per heavy atom. The monoisotopic (exact) mass is 357 g/mol. The molecule has 0 spiro atoms. The molecule has 0 amide bonds. The molecule has 0 unspecified atom stereocenters. The molecule has 0 heterocycles. The lowest BCUT2D eigenvalue weighted by Gasteiger charge is -2.36. The number of hydrogen-bond acceptors (Lipinski definition) is 5. The lowest BCUT2D eigenvalue weighted by Crippen LogP contribution is -2.41. The summed E-state index contributed by atoms with van der Waals surface area (Å²) in [6, 6.07) is 9.96. The summed E-state index contributed by atoms with van der Waals surface area (Å²) in [5, 5.41) is 10.7. The predicted octanol–water partition coefficient (Wildman–Crippen LogP) is 3.68. The Morgan fingerprint density at radius 1 is 1.31 bits per heavy atom. The number of aliphatic hydroxyl groups is 1. The molecule has 1 aliphatic carbocycles. The molecule has 5 heteroatoms. The smallest absolute Gasteiger partial charge is 0.316 e. The average Bonchev–Trinajstić information content (AvgIpc) is 2.59. The van der Waals surface area contributed by atoms with Crippen molar-refractivity contribution in [1.29, 1.82) is 0 Å². The number of aliphatic imine (C=N–C) groups is 1. The lowest BCUT2D eigenvalue weighted by molar-refractivity contribution is -0.150. The van der Waals surface area contributed by atoms with Crippen molar-refractivity contribution in [3.8, 4) is 0 Å². The van der Waals surface area contributed by atoms with E-state index in [0.29, 0.717) is 18.7 Å². The maximum Gasteiger partial charge on any atom is 0.316 e. The van der Waals surface area contributed by atoms with Crippen LogP contribution in [0.4, 0.5) is 0 Å². The van der Waals surface area contributed by atoms with Crippen LogP contribution in [-0.4, -0.2) is 36.2 Å². The second-order valence-electron chi connectivity index (χ2n) is 7.22. The fourth-order valence-electron chi connectivity index (χ4n) is 3.45. The van der Waals surface area contributed by atoms with Crippen LogP contribution >= 0.6 is 0 Å². The van der Waals surface area contributed by atoms with Gasteiger partial charge in [0.2, 0.25) is 0 Å². The van der Waals surface area contributed by atoms with Crippen LogP contribution in [0.15, 0.2) is 46.7 Å². The summed E-state index contributed by atoms with van der Waals surface area (Å²) in [4.78, 5) is 29.4. The van der Waals surface area contributed by atoms with E-state index in [9.17, 15) is 14.7 Å². The molecule has 1 aromatic carbocycles. The number of aliphatic hydroxyl groups excluding tert-OH is 1. The second-order valence-corrected chi connectivity index (χ2v) is 7.22. The van der Waals surface area contributed by atoms with Crippen molar-refractivity contribution in [2.75, 3.05) is 13.7 Å². The second kappa shape index (κ2) is 8.30. The first kappa shape index (κ1) is 19.9.